The summed E-state index contributed by atoms with van der Waals surface area (Å²) >= 11 is 2.01. The van der Waals surface area contributed by atoms with Crippen molar-refractivity contribution in [3.05, 3.63) is 33.2 Å². The van der Waals surface area contributed by atoms with E-state index >= 15 is 0 Å². The second kappa shape index (κ2) is 5.89. The molecule has 1 fully saturated rings. The number of piperidine rings is 1. The van der Waals surface area contributed by atoms with Crippen LogP contribution in [0.5, 0.6) is 0 Å². The SMILES string of the molecule is Cc1c(C)c(C)c2sc(C3NC(C)C(C)C(C)C3C)cc2c1C. The van der Waals surface area contributed by atoms with Crippen LogP contribution in [0.15, 0.2) is 6.07 Å². The van der Waals surface area contributed by atoms with Crippen molar-refractivity contribution in [3.63, 3.8) is 0 Å². The van der Waals surface area contributed by atoms with E-state index in [9.17, 15) is 0 Å². The standard InChI is InChI=1S/C21H31NS/c1-10-11(2)16(7)21-18(14(10)5)9-19(23-21)20-15(6)12(3)13(4)17(8)22-20/h9,12-13,15,17,20,22H,1-8H3. The summed E-state index contributed by atoms with van der Waals surface area (Å²) in [4.78, 5) is 1.52. The molecule has 23 heavy (non-hydrogen) atoms. The molecule has 0 amide bonds. The monoisotopic (exact) mass is 329 g/mol. The van der Waals surface area contributed by atoms with Gasteiger partial charge in [-0.25, -0.2) is 0 Å². The molecule has 1 aliphatic heterocycles. The van der Waals surface area contributed by atoms with Crippen molar-refractivity contribution in [1.29, 1.82) is 0 Å². The van der Waals surface area contributed by atoms with Crippen molar-refractivity contribution >= 4 is 21.4 Å². The Morgan fingerprint density at radius 3 is 2.04 bits per heavy atom. The van der Waals surface area contributed by atoms with Crippen LogP contribution in [0.1, 0.15) is 60.9 Å². The molecule has 5 unspecified atom stereocenters. The molecule has 1 aliphatic rings. The number of rotatable bonds is 1. The highest BCUT2D eigenvalue weighted by atomic mass is 32.1. The third kappa shape index (κ3) is 2.55. The first-order valence-electron chi connectivity index (χ1n) is 8.99. The highest BCUT2D eigenvalue weighted by Gasteiger charge is 2.37. The summed E-state index contributed by atoms with van der Waals surface area (Å²) in [6.07, 6.45) is 0. The molecule has 0 bridgehead atoms. The van der Waals surface area contributed by atoms with Crippen LogP contribution >= 0.6 is 11.3 Å². The number of nitrogens with one attached hydrogen (secondary N) is 1. The van der Waals surface area contributed by atoms with Crippen LogP contribution in [-0.4, -0.2) is 6.04 Å². The molecule has 2 aromatic rings. The van der Waals surface area contributed by atoms with Gasteiger partial charge in [0.25, 0.3) is 0 Å². The van der Waals surface area contributed by atoms with Crippen LogP contribution < -0.4 is 5.32 Å². The van der Waals surface area contributed by atoms with Crippen LogP contribution in [0.25, 0.3) is 10.1 Å². The van der Waals surface area contributed by atoms with Crippen molar-refractivity contribution < 1.29 is 0 Å². The lowest BCUT2D eigenvalue weighted by Crippen LogP contribution is -2.48. The lowest BCUT2D eigenvalue weighted by Gasteiger charge is -2.43. The molecule has 2 heteroatoms. The van der Waals surface area contributed by atoms with E-state index in [1.807, 2.05) is 11.3 Å². The van der Waals surface area contributed by atoms with E-state index < -0.39 is 0 Å². The van der Waals surface area contributed by atoms with E-state index in [0.717, 1.165) is 11.8 Å². The van der Waals surface area contributed by atoms with Crippen LogP contribution in [-0.2, 0) is 0 Å². The lowest BCUT2D eigenvalue weighted by molar-refractivity contribution is 0.120. The normalized spacial score (nSPS) is 31.7. The topological polar surface area (TPSA) is 12.0 Å². The van der Waals surface area contributed by atoms with Crippen molar-refractivity contribution in [1.82, 2.24) is 5.32 Å². The summed E-state index contributed by atoms with van der Waals surface area (Å²) in [5.41, 5.74) is 5.85. The average molecular weight is 330 g/mol. The van der Waals surface area contributed by atoms with Gasteiger partial charge < -0.3 is 5.32 Å². The van der Waals surface area contributed by atoms with Gasteiger partial charge in [-0.15, -0.1) is 11.3 Å². The Morgan fingerprint density at radius 2 is 1.39 bits per heavy atom. The van der Waals surface area contributed by atoms with Gasteiger partial charge in [0, 0.05) is 21.7 Å². The predicted molar refractivity (Wildman–Crippen MR) is 104 cm³/mol. The van der Waals surface area contributed by atoms with E-state index in [4.69, 9.17) is 0 Å². The van der Waals surface area contributed by atoms with Crippen molar-refractivity contribution in [2.24, 2.45) is 17.8 Å². The van der Waals surface area contributed by atoms with Crippen molar-refractivity contribution in [2.45, 2.75) is 67.5 Å². The summed E-state index contributed by atoms with van der Waals surface area (Å²) in [6, 6.07) is 3.55. The Kier molecular flexibility index (Phi) is 4.35. The summed E-state index contributed by atoms with van der Waals surface area (Å²) < 4.78 is 1.49. The molecule has 0 aliphatic carbocycles. The maximum atomic E-state index is 3.90. The highest BCUT2D eigenvalue weighted by molar-refractivity contribution is 7.19. The fraction of sp³-hybridized carbons (Fsp3) is 0.619. The van der Waals surface area contributed by atoms with E-state index in [2.05, 4.69) is 66.8 Å². The van der Waals surface area contributed by atoms with E-state index in [-0.39, 0.29) is 0 Å². The average Bonchev–Trinajstić information content (AvgIpc) is 2.97. The molecule has 1 aromatic carbocycles. The number of thiophene rings is 1. The summed E-state index contributed by atoms with van der Waals surface area (Å²) in [5, 5.41) is 5.37. The number of fused-ring (bicyclic) bond motifs is 1. The van der Waals surface area contributed by atoms with Gasteiger partial charge in [-0.1, -0.05) is 20.8 Å². The maximum absolute atomic E-state index is 3.90. The highest BCUT2D eigenvalue weighted by Crippen LogP contribution is 2.44. The molecule has 2 heterocycles. The zero-order valence-corrected chi connectivity index (χ0v) is 16.7. The third-order valence-corrected chi connectivity index (χ3v) is 8.24. The largest absolute Gasteiger partial charge is 0.306 e. The molecular weight excluding hydrogens is 298 g/mol. The zero-order valence-electron chi connectivity index (χ0n) is 15.9. The molecule has 1 nitrogen and oxygen atoms in total. The number of hydrogen-bond donors (Lipinski definition) is 1. The summed E-state index contributed by atoms with van der Waals surface area (Å²) in [7, 11) is 0. The third-order valence-electron chi connectivity index (χ3n) is 6.91. The molecule has 1 aromatic heterocycles. The Labute approximate surface area is 145 Å². The van der Waals surface area contributed by atoms with Gasteiger partial charge in [-0.2, -0.15) is 0 Å². The Morgan fingerprint density at radius 1 is 0.783 bits per heavy atom. The number of benzene rings is 1. The molecule has 126 valence electrons. The lowest BCUT2D eigenvalue weighted by atomic mass is 9.73. The molecule has 0 spiro atoms. The molecule has 5 atom stereocenters. The second-order valence-electron chi connectivity index (χ2n) is 7.90. The Balaban J connectivity index is 2.11. The first kappa shape index (κ1) is 17.0. The molecular formula is C21H31NS. The first-order chi connectivity index (χ1) is 10.7. The van der Waals surface area contributed by atoms with E-state index in [0.29, 0.717) is 18.0 Å². The van der Waals surface area contributed by atoms with Gasteiger partial charge in [0.05, 0.1) is 0 Å². The smallest absolute Gasteiger partial charge is 0.0446 e. The van der Waals surface area contributed by atoms with Crippen molar-refractivity contribution in [3.8, 4) is 0 Å². The first-order valence-corrected chi connectivity index (χ1v) is 9.81. The van der Waals surface area contributed by atoms with Gasteiger partial charge >= 0.3 is 0 Å². The number of aryl methyl sites for hydroxylation is 2. The van der Waals surface area contributed by atoms with Gasteiger partial charge in [-0.3, -0.25) is 0 Å². The fourth-order valence-electron chi connectivity index (χ4n) is 4.22. The Hall–Kier alpha value is -0.860. The van der Waals surface area contributed by atoms with Crippen LogP contribution in [0, 0.1) is 45.4 Å². The molecule has 3 rings (SSSR count). The summed E-state index contributed by atoms with van der Waals surface area (Å²) in [5.74, 6) is 2.17. The predicted octanol–water partition coefficient (Wildman–Crippen LogP) is 6.08. The van der Waals surface area contributed by atoms with Gasteiger partial charge in [-0.05, 0) is 86.1 Å². The van der Waals surface area contributed by atoms with Gasteiger partial charge in [0.1, 0.15) is 0 Å². The molecule has 0 saturated carbocycles. The van der Waals surface area contributed by atoms with Gasteiger partial charge in [0.15, 0.2) is 0 Å². The molecule has 1 N–H and O–H groups in total. The fourth-order valence-corrected chi connectivity index (χ4v) is 5.67. The minimum absolute atomic E-state index is 0.494. The minimum Gasteiger partial charge on any atom is -0.306 e. The summed E-state index contributed by atoms with van der Waals surface area (Å²) in [6.45, 7) is 18.7. The zero-order chi connectivity index (χ0) is 17.0. The minimum atomic E-state index is 0.494. The van der Waals surface area contributed by atoms with Crippen molar-refractivity contribution in [2.75, 3.05) is 0 Å². The molecule has 0 radical (unpaired) electrons. The van der Waals surface area contributed by atoms with Crippen LogP contribution in [0.4, 0.5) is 0 Å². The van der Waals surface area contributed by atoms with Crippen LogP contribution in [0.2, 0.25) is 0 Å². The molecule has 1 saturated heterocycles. The Bertz CT molecular complexity index is 697. The van der Waals surface area contributed by atoms with E-state index in [1.54, 1.807) is 0 Å². The van der Waals surface area contributed by atoms with Crippen LogP contribution in [0.3, 0.4) is 0 Å². The van der Waals surface area contributed by atoms with Gasteiger partial charge in [0.2, 0.25) is 0 Å². The quantitative estimate of drug-likeness (QED) is 0.669. The number of hydrogen-bond acceptors (Lipinski definition) is 2. The second-order valence-corrected chi connectivity index (χ2v) is 8.99. The van der Waals surface area contributed by atoms with E-state index in [1.165, 1.54) is 37.2 Å². The maximum Gasteiger partial charge on any atom is 0.0446 e.